The Kier molecular flexibility index (Phi) is 6.11. The third-order valence-corrected chi connectivity index (χ3v) is 4.73. The van der Waals surface area contributed by atoms with Crippen LogP contribution in [0.3, 0.4) is 0 Å². The number of carbonyl (C=O) groups is 1. The highest BCUT2D eigenvalue weighted by Crippen LogP contribution is 2.28. The largest absolute Gasteiger partial charge is 0.497 e. The molecular formula is C16H16F2N2O5S. The highest BCUT2D eigenvalue weighted by molar-refractivity contribution is 7.89. The van der Waals surface area contributed by atoms with E-state index in [4.69, 9.17) is 9.47 Å². The molecule has 7 nitrogen and oxygen atoms in total. The van der Waals surface area contributed by atoms with Crippen molar-refractivity contribution in [1.29, 1.82) is 0 Å². The molecule has 0 saturated carbocycles. The van der Waals surface area contributed by atoms with Crippen molar-refractivity contribution in [2.75, 3.05) is 26.1 Å². The minimum Gasteiger partial charge on any atom is -0.497 e. The maximum Gasteiger partial charge on any atom is 0.244 e. The van der Waals surface area contributed by atoms with Gasteiger partial charge in [0, 0.05) is 6.07 Å². The van der Waals surface area contributed by atoms with E-state index in [0.29, 0.717) is 0 Å². The van der Waals surface area contributed by atoms with Crippen LogP contribution in [-0.4, -0.2) is 35.1 Å². The van der Waals surface area contributed by atoms with Crippen LogP contribution < -0.4 is 19.5 Å². The van der Waals surface area contributed by atoms with Gasteiger partial charge in [-0.2, -0.15) is 0 Å². The zero-order valence-corrected chi connectivity index (χ0v) is 14.7. The number of nitrogens with one attached hydrogen (secondary N) is 2. The molecule has 0 aromatic heterocycles. The standard InChI is InChI=1S/C16H16F2N2O5S/c1-24-10-6-7-13(25-2)14(8-10)26(22,23)19-9-15(21)20-16-11(17)4-3-5-12(16)18/h3-8,19H,9H2,1-2H3,(H,20,21). The first-order chi connectivity index (χ1) is 12.3. The second kappa shape index (κ2) is 8.11. The molecule has 10 heteroatoms. The number of rotatable bonds is 7. The quantitative estimate of drug-likeness (QED) is 0.758. The second-order valence-corrected chi connectivity index (χ2v) is 6.72. The van der Waals surface area contributed by atoms with Crippen molar-refractivity contribution in [2.45, 2.75) is 4.90 Å². The van der Waals surface area contributed by atoms with Crippen LogP contribution in [0.2, 0.25) is 0 Å². The summed E-state index contributed by atoms with van der Waals surface area (Å²) in [6.45, 7) is -0.740. The molecule has 2 aromatic rings. The van der Waals surface area contributed by atoms with Crippen LogP contribution in [0, 0.1) is 11.6 Å². The molecule has 0 spiro atoms. The maximum atomic E-state index is 13.5. The van der Waals surface area contributed by atoms with E-state index in [-0.39, 0.29) is 16.4 Å². The molecule has 2 aromatic carbocycles. The van der Waals surface area contributed by atoms with E-state index in [0.717, 1.165) is 18.2 Å². The smallest absolute Gasteiger partial charge is 0.244 e. The monoisotopic (exact) mass is 386 g/mol. The third kappa shape index (κ3) is 4.46. The Morgan fingerprint density at radius 2 is 1.73 bits per heavy atom. The molecule has 0 aliphatic heterocycles. The number of hydrogen-bond donors (Lipinski definition) is 2. The van der Waals surface area contributed by atoms with Gasteiger partial charge < -0.3 is 14.8 Å². The number of halogens is 2. The average Bonchev–Trinajstić information content (AvgIpc) is 2.62. The summed E-state index contributed by atoms with van der Waals surface area (Å²) in [7, 11) is -1.50. The summed E-state index contributed by atoms with van der Waals surface area (Å²) in [5.41, 5.74) is -0.657. The van der Waals surface area contributed by atoms with Crippen LogP contribution in [0.4, 0.5) is 14.5 Å². The number of amides is 1. The van der Waals surface area contributed by atoms with Crippen molar-refractivity contribution in [3.63, 3.8) is 0 Å². The fourth-order valence-electron chi connectivity index (χ4n) is 2.03. The summed E-state index contributed by atoms with van der Waals surface area (Å²) in [4.78, 5) is 11.6. The molecule has 0 unspecified atom stereocenters. The molecule has 2 rings (SSSR count). The lowest BCUT2D eigenvalue weighted by Gasteiger charge is -2.12. The number of ether oxygens (including phenoxy) is 2. The summed E-state index contributed by atoms with van der Waals surface area (Å²) in [6, 6.07) is 7.18. The highest BCUT2D eigenvalue weighted by atomic mass is 32.2. The molecule has 1 amide bonds. The van der Waals surface area contributed by atoms with E-state index < -0.39 is 39.8 Å². The van der Waals surface area contributed by atoms with Gasteiger partial charge in [-0.1, -0.05) is 6.07 Å². The maximum absolute atomic E-state index is 13.5. The summed E-state index contributed by atoms with van der Waals surface area (Å²) in [5.74, 6) is -2.59. The van der Waals surface area contributed by atoms with Gasteiger partial charge in [0.2, 0.25) is 15.9 Å². The summed E-state index contributed by atoms with van der Waals surface area (Å²) < 4.78 is 63.8. The van der Waals surface area contributed by atoms with Gasteiger partial charge in [-0.3, -0.25) is 4.79 Å². The second-order valence-electron chi connectivity index (χ2n) is 4.99. The number of benzene rings is 2. The van der Waals surface area contributed by atoms with Gasteiger partial charge in [0.15, 0.2) is 0 Å². The fourth-order valence-corrected chi connectivity index (χ4v) is 3.20. The van der Waals surface area contributed by atoms with Crippen LogP contribution in [0.1, 0.15) is 0 Å². The number of anilines is 1. The Hall–Kier alpha value is -2.72. The first kappa shape index (κ1) is 19.6. The minimum atomic E-state index is -4.15. The minimum absolute atomic E-state index is 0.0406. The molecule has 0 aliphatic carbocycles. The van der Waals surface area contributed by atoms with Crippen molar-refractivity contribution in [1.82, 2.24) is 4.72 Å². The van der Waals surface area contributed by atoms with Gasteiger partial charge in [-0.25, -0.2) is 21.9 Å². The Morgan fingerprint density at radius 1 is 1.08 bits per heavy atom. The molecule has 0 radical (unpaired) electrons. The Bertz CT molecular complexity index is 899. The zero-order valence-electron chi connectivity index (χ0n) is 13.9. The number of para-hydroxylation sites is 1. The first-order valence-electron chi connectivity index (χ1n) is 7.24. The van der Waals surface area contributed by atoms with Gasteiger partial charge in [0.1, 0.15) is 33.7 Å². The molecule has 2 N–H and O–H groups in total. The van der Waals surface area contributed by atoms with Crippen LogP contribution in [0.15, 0.2) is 41.3 Å². The van der Waals surface area contributed by atoms with E-state index in [1.165, 1.54) is 32.4 Å². The Morgan fingerprint density at radius 3 is 2.31 bits per heavy atom. The van der Waals surface area contributed by atoms with Crippen molar-refractivity contribution >= 4 is 21.6 Å². The van der Waals surface area contributed by atoms with Gasteiger partial charge in [0.25, 0.3) is 0 Å². The number of hydrogen-bond acceptors (Lipinski definition) is 5. The molecular weight excluding hydrogens is 370 g/mol. The van der Waals surface area contributed by atoms with Crippen molar-refractivity contribution in [3.8, 4) is 11.5 Å². The number of methoxy groups -OCH3 is 2. The normalized spacial score (nSPS) is 11.1. The van der Waals surface area contributed by atoms with E-state index >= 15 is 0 Å². The molecule has 0 fully saturated rings. The SMILES string of the molecule is COc1ccc(OC)c(S(=O)(=O)NCC(=O)Nc2c(F)cccc2F)c1. The zero-order chi connectivity index (χ0) is 19.3. The topological polar surface area (TPSA) is 93.7 Å². The Balaban J connectivity index is 2.14. The van der Waals surface area contributed by atoms with Crippen LogP contribution in [0.25, 0.3) is 0 Å². The van der Waals surface area contributed by atoms with E-state index in [1.807, 2.05) is 10.0 Å². The van der Waals surface area contributed by atoms with Gasteiger partial charge in [0.05, 0.1) is 20.8 Å². The van der Waals surface area contributed by atoms with Crippen molar-refractivity contribution in [2.24, 2.45) is 0 Å². The summed E-state index contributed by atoms with van der Waals surface area (Å²) in [5, 5.41) is 1.98. The van der Waals surface area contributed by atoms with Crippen LogP contribution in [-0.2, 0) is 14.8 Å². The number of sulfonamides is 1. The molecule has 0 bridgehead atoms. The lowest BCUT2D eigenvalue weighted by Crippen LogP contribution is -2.33. The third-order valence-electron chi connectivity index (χ3n) is 3.31. The highest BCUT2D eigenvalue weighted by Gasteiger charge is 2.22. The summed E-state index contributed by atoms with van der Waals surface area (Å²) >= 11 is 0. The van der Waals surface area contributed by atoms with Crippen LogP contribution >= 0.6 is 0 Å². The van der Waals surface area contributed by atoms with E-state index in [1.54, 1.807) is 0 Å². The average molecular weight is 386 g/mol. The number of carbonyl (C=O) groups excluding carboxylic acids is 1. The molecule has 0 heterocycles. The van der Waals surface area contributed by atoms with Crippen molar-refractivity contribution in [3.05, 3.63) is 48.0 Å². The van der Waals surface area contributed by atoms with Gasteiger partial charge in [-0.15, -0.1) is 0 Å². The van der Waals surface area contributed by atoms with Crippen molar-refractivity contribution < 1.29 is 31.5 Å². The first-order valence-corrected chi connectivity index (χ1v) is 8.72. The molecule has 26 heavy (non-hydrogen) atoms. The Labute approximate surface area is 149 Å². The predicted molar refractivity (Wildman–Crippen MR) is 89.7 cm³/mol. The van der Waals surface area contributed by atoms with Crippen LogP contribution in [0.5, 0.6) is 11.5 Å². The lowest BCUT2D eigenvalue weighted by atomic mass is 10.3. The molecule has 0 atom stereocenters. The molecule has 140 valence electrons. The van der Waals surface area contributed by atoms with Gasteiger partial charge >= 0.3 is 0 Å². The van der Waals surface area contributed by atoms with E-state index in [9.17, 15) is 22.0 Å². The molecule has 0 saturated heterocycles. The van der Waals surface area contributed by atoms with E-state index in [2.05, 4.69) is 0 Å². The molecule has 0 aliphatic rings. The summed E-state index contributed by atoms with van der Waals surface area (Å²) in [6.07, 6.45) is 0. The lowest BCUT2D eigenvalue weighted by molar-refractivity contribution is -0.115. The fraction of sp³-hybridized carbons (Fsp3) is 0.188. The van der Waals surface area contributed by atoms with Gasteiger partial charge in [-0.05, 0) is 24.3 Å². The predicted octanol–water partition coefficient (Wildman–Crippen LogP) is 1.90.